The second-order valence-corrected chi connectivity index (χ2v) is 5.44. The van der Waals surface area contributed by atoms with Gasteiger partial charge in [0.25, 0.3) is 5.91 Å². The maximum Gasteiger partial charge on any atom is 0.258 e. The molecule has 0 aliphatic carbocycles. The quantitative estimate of drug-likeness (QED) is 0.844. The molecule has 1 aromatic heterocycles. The maximum atomic E-state index is 12.5. The zero-order valence-electron chi connectivity index (χ0n) is 12.6. The van der Waals surface area contributed by atoms with Gasteiger partial charge in [-0.25, -0.2) is 4.68 Å². The van der Waals surface area contributed by atoms with Gasteiger partial charge >= 0.3 is 0 Å². The summed E-state index contributed by atoms with van der Waals surface area (Å²) in [5.41, 5.74) is 1.98. The van der Waals surface area contributed by atoms with Crippen LogP contribution in [0.1, 0.15) is 35.8 Å². The van der Waals surface area contributed by atoms with E-state index in [4.69, 9.17) is 11.6 Å². The van der Waals surface area contributed by atoms with Crippen molar-refractivity contribution in [1.82, 2.24) is 14.7 Å². The molecule has 0 aliphatic heterocycles. The SMILES string of the molecule is CCCCN(C)C(=O)c1c(C)nn(-c2ccccc2)c1Cl. The van der Waals surface area contributed by atoms with Crippen LogP contribution in [0.3, 0.4) is 0 Å². The summed E-state index contributed by atoms with van der Waals surface area (Å²) in [6, 6.07) is 9.58. The van der Waals surface area contributed by atoms with Crippen LogP contribution in [-0.2, 0) is 0 Å². The molecule has 2 rings (SSSR count). The number of aryl methyl sites for hydroxylation is 1. The third kappa shape index (κ3) is 3.27. The molecule has 0 atom stereocenters. The van der Waals surface area contributed by atoms with E-state index >= 15 is 0 Å². The number of benzene rings is 1. The van der Waals surface area contributed by atoms with Crippen molar-refractivity contribution < 1.29 is 4.79 Å². The molecule has 21 heavy (non-hydrogen) atoms. The molecule has 0 saturated carbocycles. The molecule has 0 N–H and O–H groups in total. The third-order valence-electron chi connectivity index (χ3n) is 3.41. The molecule has 0 saturated heterocycles. The highest BCUT2D eigenvalue weighted by Crippen LogP contribution is 2.24. The van der Waals surface area contributed by atoms with E-state index < -0.39 is 0 Å². The first-order valence-corrected chi connectivity index (χ1v) is 7.50. The first-order chi connectivity index (χ1) is 10.1. The molecule has 0 spiro atoms. The van der Waals surface area contributed by atoms with Gasteiger partial charge in [-0.1, -0.05) is 43.1 Å². The van der Waals surface area contributed by atoms with Gasteiger partial charge in [-0.2, -0.15) is 5.10 Å². The minimum absolute atomic E-state index is 0.0758. The van der Waals surface area contributed by atoms with Gasteiger partial charge in [-0.3, -0.25) is 4.79 Å². The number of unbranched alkanes of at least 4 members (excludes halogenated alkanes) is 1. The Balaban J connectivity index is 2.34. The van der Waals surface area contributed by atoms with Crippen LogP contribution in [0, 0.1) is 6.92 Å². The number of hydrogen-bond donors (Lipinski definition) is 0. The van der Waals surface area contributed by atoms with Crippen molar-refractivity contribution in [2.24, 2.45) is 0 Å². The van der Waals surface area contributed by atoms with E-state index in [1.165, 1.54) is 0 Å². The summed E-state index contributed by atoms with van der Waals surface area (Å²) in [5.74, 6) is -0.0758. The van der Waals surface area contributed by atoms with Gasteiger partial charge < -0.3 is 4.90 Å². The Kier molecular flexibility index (Phi) is 5.02. The molecule has 0 radical (unpaired) electrons. The van der Waals surface area contributed by atoms with Gasteiger partial charge in [0.15, 0.2) is 0 Å². The number of rotatable bonds is 5. The number of nitrogens with zero attached hydrogens (tertiary/aromatic N) is 3. The summed E-state index contributed by atoms with van der Waals surface area (Å²) in [4.78, 5) is 14.2. The van der Waals surface area contributed by atoms with Gasteiger partial charge in [0.1, 0.15) is 5.15 Å². The summed E-state index contributed by atoms with van der Waals surface area (Å²) in [7, 11) is 1.80. The standard InChI is InChI=1S/C16H20ClN3O/c1-4-5-11-19(3)16(21)14-12(2)18-20(15(14)17)13-9-7-6-8-10-13/h6-10H,4-5,11H2,1-3H3. The van der Waals surface area contributed by atoms with Gasteiger partial charge in [0, 0.05) is 13.6 Å². The summed E-state index contributed by atoms with van der Waals surface area (Å²) in [6.45, 7) is 4.64. The van der Waals surface area contributed by atoms with Crippen LogP contribution < -0.4 is 0 Å². The average Bonchev–Trinajstić information content (AvgIpc) is 2.80. The molecule has 0 aliphatic rings. The van der Waals surface area contributed by atoms with E-state index in [2.05, 4.69) is 12.0 Å². The van der Waals surface area contributed by atoms with Crippen LogP contribution in [0.15, 0.2) is 30.3 Å². The Morgan fingerprint density at radius 2 is 2.00 bits per heavy atom. The fraction of sp³-hybridized carbons (Fsp3) is 0.375. The van der Waals surface area contributed by atoms with E-state index in [0.717, 1.165) is 25.1 Å². The highest BCUT2D eigenvalue weighted by molar-refractivity contribution is 6.33. The second kappa shape index (κ2) is 6.76. The van der Waals surface area contributed by atoms with Gasteiger partial charge in [-0.05, 0) is 25.5 Å². The topological polar surface area (TPSA) is 38.1 Å². The van der Waals surface area contributed by atoms with Gasteiger partial charge in [0.05, 0.1) is 16.9 Å². The van der Waals surface area contributed by atoms with Crippen LogP contribution in [-0.4, -0.2) is 34.2 Å². The van der Waals surface area contributed by atoms with Gasteiger partial charge in [0.2, 0.25) is 0 Å². The van der Waals surface area contributed by atoms with Crippen molar-refractivity contribution in [3.05, 3.63) is 46.7 Å². The van der Waals surface area contributed by atoms with E-state index in [9.17, 15) is 4.79 Å². The molecule has 5 heteroatoms. The first kappa shape index (κ1) is 15.6. The number of para-hydroxylation sites is 1. The Morgan fingerprint density at radius 3 is 2.62 bits per heavy atom. The number of amides is 1. The second-order valence-electron chi connectivity index (χ2n) is 5.08. The Bertz CT molecular complexity index is 622. The zero-order chi connectivity index (χ0) is 15.4. The number of aromatic nitrogens is 2. The largest absolute Gasteiger partial charge is 0.342 e. The summed E-state index contributed by atoms with van der Waals surface area (Å²) in [5, 5.41) is 4.77. The molecule has 0 unspecified atom stereocenters. The Morgan fingerprint density at radius 1 is 1.33 bits per heavy atom. The van der Waals surface area contributed by atoms with E-state index in [0.29, 0.717) is 16.4 Å². The number of carbonyl (C=O) groups is 1. The fourth-order valence-corrected chi connectivity index (χ4v) is 2.52. The normalized spacial score (nSPS) is 10.7. The lowest BCUT2D eigenvalue weighted by Crippen LogP contribution is -2.28. The minimum Gasteiger partial charge on any atom is -0.342 e. The molecular formula is C16H20ClN3O. The number of hydrogen-bond acceptors (Lipinski definition) is 2. The van der Waals surface area contributed by atoms with Crippen molar-refractivity contribution >= 4 is 17.5 Å². The van der Waals surface area contributed by atoms with E-state index in [1.54, 1.807) is 16.6 Å². The molecule has 0 bridgehead atoms. The smallest absolute Gasteiger partial charge is 0.258 e. The predicted molar refractivity (Wildman–Crippen MR) is 85.2 cm³/mol. The number of carbonyl (C=O) groups excluding carboxylic acids is 1. The molecule has 4 nitrogen and oxygen atoms in total. The lowest BCUT2D eigenvalue weighted by molar-refractivity contribution is 0.0793. The lowest BCUT2D eigenvalue weighted by Gasteiger charge is -2.16. The van der Waals surface area contributed by atoms with Crippen molar-refractivity contribution in [3.8, 4) is 5.69 Å². The fourth-order valence-electron chi connectivity index (χ4n) is 2.17. The average molecular weight is 306 g/mol. The van der Waals surface area contributed by atoms with Crippen LogP contribution in [0.4, 0.5) is 0 Å². The molecule has 1 aromatic carbocycles. The molecule has 112 valence electrons. The van der Waals surface area contributed by atoms with Crippen LogP contribution in [0.5, 0.6) is 0 Å². The van der Waals surface area contributed by atoms with E-state index in [-0.39, 0.29) is 5.91 Å². The van der Waals surface area contributed by atoms with Crippen molar-refractivity contribution in [1.29, 1.82) is 0 Å². The van der Waals surface area contributed by atoms with Crippen LogP contribution in [0.2, 0.25) is 5.15 Å². The maximum absolute atomic E-state index is 12.5. The van der Waals surface area contributed by atoms with E-state index in [1.807, 2.05) is 37.3 Å². The molecule has 1 amide bonds. The molecule has 0 fully saturated rings. The van der Waals surface area contributed by atoms with Gasteiger partial charge in [-0.15, -0.1) is 0 Å². The minimum atomic E-state index is -0.0758. The first-order valence-electron chi connectivity index (χ1n) is 7.12. The third-order valence-corrected chi connectivity index (χ3v) is 3.76. The summed E-state index contributed by atoms with van der Waals surface area (Å²) >= 11 is 6.39. The monoisotopic (exact) mass is 305 g/mol. The molecule has 1 heterocycles. The van der Waals surface area contributed by atoms with Crippen molar-refractivity contribution in [3.63, 3.8) is 0 Å². The molecular weight excluding hydrogens is 286 g/mol. The molecule has 2 aromatic rings. The Labute approximate surface area is 130 Å². The summed E-state index contributed by atoms with van der Waals surface area (Å²) in [6.07, 6.45) is 2.03. The van der Waals surface area contributed by atoms with Crippen LogP contribution >= 0.6 is 11.6 Å². The number of halogens is 1. The predicted octanol–water partition coefficient (Wildman–Crippen LogP) is 3.71. The summed E-state index contributed by atoms with van der Waals surface area (Å²) < 4.78 is 1.61. The lowest BCUT2D eigenvalue weighted by atomic mass is 10.2. The highest BCUT2D eigenvalue weighted by atomic mass is 35.5. The van der Waals surface area contributed by atoms with Crippen molar-refractivity contribution in [2.45, 2.75) is 26.7 Å². The highest BCUT2D eigenvalue weighted by Gasteiger charge is 2.23. The zero-order valence-corrected chi connectivity index (χ0v) is 13.4. The van der Waals surface area contributed by atoms with Crippen LogP contribution in [0.25, 0.3) is 5.69 Å². The Hall–Kier alpha value is -1.81. The van der Waals surface area contributed by atoms with Crippen molar-refractivity contribution in [2.75, 3.05) is 13.6 Å².